The number of likely N-dealkylation sites (tertiary alicyclic amines) is 1. The van der Waals surface area contributed by atoms with Crippen LogP contribution in [0.1, 0.15) is 37.2 Å². The van der Waals surface area contributed by atoms with Gasteiger partial charge in [0.2, 0.25) is 0 Å². The van der Waals surface area contributed by atoms with Gasteiger partial charge in [-0.2, -0.15) is 5.10 Å². The summed E-state index contributed by atoms with van der Waals surface area (Å²) in [5, 5.41) is 8.89. The monoisotopic (exact) mass is 381 g/mol. The smallest absolute Gasteiger partial charge is 0.272 e. The van der Waals surface area contributed by atoms with Crippen molar-refractivity contribution in [2.45, 2.75) is 51.4 Å². The molecule has 0 aliphatic carbocycles. The number of aromatic nitrogens is 2. The Kier molecular flexibility index (Phi) is 5.25. The van der Waals surface area contributed by atoms with Crippen LogP contribution < -0.4 is 5.32 Å². The maximum absolute atomic E-state index is 13.1. The van der Waals surface area contributed by atoms with Gasteiger partial charge in [0.1, 0.15) is 0 Å². The fraction of sp³-hybridized carbons (Fsp3) is 0.545. The zero-order valence-electron chi connectivity index (χ0n) is 17.4. The van der Waals surface area contributed by atoms with Crippen LogP contribution in [0.2, 0.25) is 0 Å². The van der Waals surface area contributed by atoms with Crippen molar-refractivity contribution in [1.82, 2.24) is 24.9 Å². The normalized spacial score (nSPS) is 25.6. The molecule has 1 aromatic carbocycles. The molecular formula is C22H31N5O. The van der Waals surface area contributed by atoms with Gasteiger partial charge < -0.3 is 10.2 Å². The maximum atomic E-state index is 13.1. The van der Waals surface area contributed by atoms with E-state index >= 15 is 0 Å². The highest BCUT2D eigenvalue weighted by Crippen LogP contribution is 2.27. The van der Waals surface area contributed by atoms with Gasteiger partial charge in [-0.3, -0.25) is 14.4 Å². The number of likely N-dealkylation sites (N-methyl/N-ethyl adjacent to an activating group) is 2. The van der Waals surface area contributed by atoms with E-state index in [1.807, 2.05) is 28.9 Å². The van der Waals surface area contributed by atoms with Crippen molar-refractivity contribution in [3.8, 4) is 0 Å². The first-order valence-electron chi connectivity index (χ1n) is 10.2. The van der Waals surface area contributed by atoms with Gasteiger partial charge >= 0.3 is 0 Å². The van der Waals surface area contributed by atoms with Gasteiger partial charge in [-0.15, -0.1) is 0 Å². The summed E-state index contributed by atoms with van der Waals surface area (Å²) in [5.41, 5.74) is 2.79. The van der Waals surface area contributed by atoms with Crippen molar-refractivity contribution in [2.24, 2.45) is 0 Å². The summed E-state index contributed by atoms with van der Waals surface area (Å²) >= 11 is 0. The Morgan fingerprint density at radius 2 is 1.86 bits per heavy atom. The van der Waals surface area contributed by atoms with Gasteiger partial charge in [0.15, 0.2) is 5.69 Å². The number of nitrogens with zero attached hydrogens (tertiary/aromatic N) is 4. The van der Waals surface area contributed by atoms with E-state index in [4.69, 9.17) is 0 Å². The second kappa shape index (κ2) is 7.68. The molecule has 1 unspecified atom stereocenters. The highest BCUT2D eigenvalue weighted by Gasteiger charge is 2.38. The van der Waals surface area contributed by atoms with E-state index in [0.29, 0.717) is 24.3 Å². The molecule has 28 heavy (non-hydrogen) atoms. The first-order valence-corrected chi connectivity index (χ1v) is 10.2. The molecule has 1 amide bonds. The second-order valence-corrected chi connectivity index (χ2v) is 8.67. The number of piperazine rings is 1. The number of para-hydroxylation sites is 1. The first-order chi connectivity index (χ1) is 13.4. The van der Waals surface area contributed by atoms with Crippen molar-refractivity contribution >= 4 is 16.8 Å². The number of hydrogen-bond acceptors (Lipinski definition) is 4. The van der Waals surface area contributed by atoms with E-state index in [1.165, 1.54) is 5.57 Å². The average molecular weight is 382 g/mol. The predicted molar refractivity (Wildman–Crippen MR) is 112 cm³/mol. The molecule has 3 heterocycles. The lowest BCUT2D eigenvalue weighted by Gasteiger charge is -2.50. The zero-order valence-corrected chi connectivity index (χ0v) is 17.4. The van der Waals surface area contributed by atoms with Crippen LogP contribution in [0.5, 0.6) is 0 Å². The second-order valence-electron chi connectivity index (χ2n) is 8.67. The highest BCUT2D eigenvalue weighted by molar-refractivity contribution is 6.05. The molecule has 3 atom stereocenters. The Morgan fingerprint density at radius 3 is 2.54 bits per heavy atom. The molecule has 6 nitrogen and oxygen atoms in total. The summed E-state index contributed by atoms with van der Waals surface area (Å²) in [7, 11) is 4.41. The van der Waals surface area contributed by atoms with Gasteiger partial charge in [-0.05, 0) is 46.9 Å². The number of rotatable bonds is 4. The van der Waals surface area contributed by atoms with E-state index in [-0.39, 0.29) is 11.9 Å². The summed E-state index contributed by atoms with van der Waals surface area (Å²) in [6.45, 7) is 6.97. The molecule has 0 saturated carbocycles. The van der Waals surface area contributed by atoms with Crippen molar-refractivity contribution in [3.63, 3.8) is 0 Å². The number of piperidine rings is 1. The average Bonchev–Trinajstić information content (AvgIpc) is 3.01. The van der Waals surface area contributed by atoms with Crippen LogP contribution in [0.25, 0.3) is 10.9 Å². The molecule has 2 fully saturated rings. The van der Waals surface area contributed by atoms with E-state index in [1.54, 1.807) is 0 Å². The van der Waals surface area contributed by atoms with Crippen LogP contribution in [0.15, 0.2) is 35.9 Å². The van der Waals surface area contributed by atoms with Gasteiger partial charge in [0.25, 0.3) is 5.91 Å². The minimum absolute atomic E-state index is 0.0480. The van der Waals surface area contributed by atoms with Gasteiger partial charge in [0, 0.05) is 36.6 Å². The molecule has 2 bridgehead atoms. The lowest BCUT2D eigenvalue weighted by molar-refractivity contribution is 0.00837. The third kappa shape index (κ3) is 3.71. The largest absolute Gasteiger partial charge is 0.348 e. The van der Waals surface area contributed by atoms with E-state index < -0.39 is 0 Å². The summed E-state index contributed by atoms with van der Waals surface area (Å²) in [5.74, 6) is -0.0480. The van der Waals surface area contributed by atoms with Gasteiger partial charge in [-0.25, -0.2) is 0 Å². The lowest BCUT2D eigenvalue weighted by Crippen LogP contribution is -2.63. The lowest BCUT2D eigenvalue weighted by atomic mass is 9.88. The number of amides is 1. The van der Waals surface area contributed by atoms with Gasteiger partial charge in [-0.1, -0.05) is 29.8 Å². The number of fused-ring (bicyclic) bond motifs is 3. The van der Waals surface area contributed by atoms with Crippen molar-refractivity contribution in [2.75, 3.05) is 27.2 Å². The fourth-order valence-electron chi connectivity index (χ4n) is 4.66. The SMILES string of the molecule is CC(C)=CCn1nc(C(=O)NC2C[C@@H]3CN(C)C[C@H](C2)N3C)c2ccccc21. The Hall–Kier alpha value is -2.18. The number of benzene rings is 1. The number of carbonyl (C=O) groups excluding carboxylic acids is 1. The highest BCUT2D eigenvalue weighted by atomic mass is 16.2. The molecule has 6 heteroatoms. The molecule has 2 saturated heterocycles. The molecular weight excluding hydrogens is 350 g/mol. The van der Waals surface area contributed by atoms with Crippen LogP contribution in [0.3, 0.4) is 0 Å². The van der Waals surface area contributed by atoms with Crippen LogP contribution in [-0.2, 0) is 6.54 Å². The van der Waals surface area contributed by atoms with Crippen molar-refractivity contribution < 1.29 is 4.79 Å². The third-order valence-corrected chi connectivity index (χ3v) is 6.19. The Labute approximate surface area is 167 Å². The summed E-state index contributed by atoms with van der Waals surface area (Å²) in [6, 6.07) is 9.24. The molecule has 150 valence electrons. The zero-order chi connectivity index (χ0) is 19.8. The predicted octanol–water partition coefficient (Wildman–Crippen LogP) is 2.51. The molecule has 4 rings (SSSR count). The molecule has 2 aromatic rings. The minimum Gasteiger partial charge on any atom is -0.348 e. The Bertz CT molecular complexity index is 881. The first kappa shape index (κ1) is 19.2. The molecule has 0 spiro atoms. The standard InChI is InChI=1S/C22H31N5O/c1-15(2)9-10-27-20-8-6-5-7-19(20)21(24-27)22(28)23-16-11-17-13-25(3)14-18(12-16)26(17)4/h5-9,16-18H,10-14H2,1-4H3,(H,23,28)/t16?,17-,18+. The maximum Gasteiger partial charge on any atom is 0.272 e. The van der Waals surface area contributed by atoms with Crippen LogP contribution >= 0.6 is 0 Å². The number of hydrogen-bond donors (Lipinski definition) is 1. The van der Waals surface area contributed by atoms with E-state index in [0.717, 1.165) is 36.8 Å². The fourth-order valence-corrected chi connectivity index (χ4v) is 4.66. The van der Waals surface area contributed by atoms with Crippen LogP contribution in [0, 0.1) is 0 Å². The molecule has 0 radical (unpaired) electrons. The number of carbonyl (C=O) groups is 1. The molecule has 2 aliphatic heterocycles. The number of nitrogens with one attached hydrogen (secondary N) is 1. The minimum atomic E-state index is -0.0480. The quantitative estimate of drug-likeness (QED) is 0.827. The summed E-state index contributed by atoms with van der Waals surface area (Å²) < 4.78 is 1.93. The van der Waals surface area contributed by atoms with Gasteiger partial charge in [0.05, 0.1) is 12.1 Å². The van der Waals surface area contributed by atoms with E-state index in [9.17, 15) is 4.79 Å². The van der Waals surface area contributed by atoms with Crippen LogP contribution in [-0.4, -0.2) is 70.8 Å². The number of allylic oxidation sites excluding steroid dienone is 2. The van der Waals surface area contributed by atoms with Crippen molar-refractivity contribution in [1.29, 1.82) is 0 Å². The summed E-state index contributed by atoms with van der Waals surface area (Å²) in [6.07, 6.45) is 4.13. The molecule has 1 aromatic heterocycles. The Balaban J connectivity index is 1.54. The van der Waals surface area contributed by atoms with E-state index in [2.05, 4.69) is 54.2 Å². The Morgan fingerprint density at radius 1 is 1.18 bits per heavy atom. The molecule has 1 N–H and O–H groups in total. The van der Waals surface area contributed by atoms with Crippen molar-refractivity contribution in [3.05, 3.63) is 41.6 Å². The summed E-state index contributed by atoms with van der Waals surface area (Å²) in [4.78, 5) is 18.0. The molecule has 2 aliphatic rings. The topological polar surface area (TPSA) is 53.4 Å². The third-order valence-electron chi connectivity index (χ3n) is 6.19. The van der Waals surface area contributed by atoms with Crippen LogP contribution in [0.4, 0.5) is 0 Å².